The highest BCUT2D eigenvalue weighted by Gasteiger charge is 2.39. The fourth-order valence-electron chi connectivity index (χ4n) is 3.45. The number of nitrogens with zero attached hydrogens (tertiary/aromatic N) is 2. The van der Waals surface area contributed by atoms with Crippen LogP contribution in [0.1, 0.15) is 53.4 Å². The summed E-state index contributed by atoms with van der Waals surface area (Å²) in [5.74, 6) is 0. The van der Waals surface area contributed by atoms with Gasteiger partial charge in [-0.1, -0.05) is 20.8 Å². The van der Waals surface area contributed by atoms with Crippen LogP contribution < -0.4 is 5.73 Å². The second-order valence-corrected chi connectivity index (χ2v) is 5.81. The monoisotopic (exact) mass is 255 g/mol. The molecule has 1 aliphatic heterocycles. The van der Waals surface area contributed by atoms with Gasteiger partial charge >= 0.3 is 0 Å². The molecule has 2 N–H and O–H groups in total. The Morgan fingerprint density at radius 1 is 1.22 bits per heavy atom. The van der Waals surface area contributed by atoms with Gasteiger partial charge < -0.3 is 10.6 Å². The van der Waals surface area contributed by atoms with Crippen molar-refractivity contribution in [3.05, 3.63) is 0 Å². The van der Waals surface area contributed by atoms with Crippen molar-refractivity contribution in [2.24, 2.45) is 5.73 Å². The minimum absolute atomic E-state index is 0.258. The Kier molecular flexibility index (Phi) is 6.61. The van der Waals surface area contributed by atoms with Crippen LogP contribution in [-0.4, -0.2) is 54.1 Å². The largest absolute Gasteiger partial charge is 0.329 e. The van der Waals surface area contributed by atoms with Crippen molar-refractivity contribution < 1.29 is 0 Å². The van der Waals surface area contributed by atoms with Crippen LogP contribution in [0.5, 0.6) is 0 Å². The van der Waals surface area contributed by atoms with Crippen LogP contribution >= 0.6 is 0 Å². The molecule has 0 aromatic rings. The summed E-state index contributed by atoms with van der Waals surface area (Å²) in [6, 6.07) is 0.649. The van der Waals surface area contributed by atoms with Crippen LogP contribution in [0.4, 0.5) is 0 Å². The molecule has 108 valence electrons. The smallest absolute Gasteiger partial charge is 0.0358 e. The Labute approximate surface area is 114 Å². The highest BCUT2D eigenvalue weighted by Crippen LogP contribution is 2.30. The molecule has 0 aromatic carbocycles. The average molecular weight is 255 g/mol. The molecule has 1 atom stereocenters. The highest BCUT2D eigenvalue weighted by atomic mass is 15.3. The van der Waals surface area contributed by atoms with Crippen LogP contribution in [0.15, 0.2) is 0 Å². The first-order valence-electron chi connectivity index (χ1n) is 7.82. The molecule has 1 aliphatic rings. The summed E-state index contributed by atoms with van der Waals surface area (Å²) in [7, 11) is 0. The van der Waals surface area contributed by atoms with E-state index in [9.17, 15) is 0 Å². The first kappa shape index (κ1) is 15.9. The number of likely N-dealkylation sites (tertiary alicyclic amines) is 1. The minimum atomic E-state index is 0.258. The number of likely N-dealkylation sites (N-methyl/N-ethyl adjacent to an activating group) is 1. The van der Waals surface area contributed by atoms with E-state index < -0.39 is 0 Å². The molecule has 18 heavy (non-hydrogen) atoms. The Morgan fingerprint density at radius 2 is 1.83 bits per heavy atom. The van der Waals surface area contributed by atoms with Gasteiger partial charge in [0.1, 0.15) is 0 Å². The van der Waals surface area contributed by atoms with Gasteiger partial charge in [0.05, 0.1) is 0 Å². The van der Waals surface area contributed by atoms with E-state index in [0.29, 0.717) is 6.04 Å². The molecule has 0 amide bonds. The fraction of sp³-hybridized carbons (Fsp3) is 1.00. The third-order valence-corrected chi connectivity index (χ3v) is 4.78. The molecule has 3 nitrogen and oxygen atoms in total. The fourth-order valence-corrected chi connectivity index (χ4v) is 3.45. The van der Waals surface area contributed by atoms with Crippen LogP contribution in [0, 0.1) is 0 Å². The van der Waals surface area contributed by atoms with Gasteiger partial charge in [-0.05, 0) is 58.8 Å². The van der Waals surface area contributed by atoms with E-state index in [2.05, 4.69) is 37.5 Å². The van der Waals surface area contributed by atoms with Crippen LogP contribution in [0.2, 0.25) is 0 Å². The van der Waals surface area contributed by atoms with Gasteiger partial charge in [-0.3, -0.25) is 4.90 Å². The van der Waals surface area contributed by atoms with Crippen LogP contribution in [0.3, 0.4) is 0 Å². The topological polar surface area (TPSA) is 32.5 Å². The van der Waals surface area contributed by atoms with E-state index in [1.54, 1.807) is 0 Å². The summed E-state index contributed by atoms with van der Waals surface area (Å²) in [6.45, 7) is 14.8. The lowest BCUT2D eigenvalue weighted by molar-refractivity contribution is 0.00384. The number of hydrogen-bond donors (Lipinski definition) is 1. The first-order chi connectivity index (χ1) is 8.63. The molecule has 1 fully saturated rings. The maximum atomic E-state index is 6.17. The van der Waals surface area contributed by atoms with Crippen molar-refractivity contribution >= 4 is 0 Å². The van der Waals surface area contributed by atoms with E-state index in [1.807, 2.05) is 0 Å². The number of piperidine rings is 1. The highest BCUT2D eigenvalue weighted by molar-refractivity contribution is 4.97. The van der Waals surface area contributed by atoms with Gasteiger partial charge in [-0.2, -0.15) is 0 Å². The quantitative estimate of drug-likeness (QED) is 0.758. The molecule has 3 heteroatoms. The Morgan fingerprint density at radius 3 is 2.22 bits per heavy atom. The van der Waals surface area contributed by atoms with E-state index >= 15 is 0 Å². The molecule has 0 saturated carbocycles. The van der Waals surface area contributed by atoms with E-state index in [0.717, 1.165) is 13.1 Å². The zero-order chi connectivity index (χ0) is 13.6. The molecule has 0 radical (unpaired) electrons. The predicted octanol–water partition coefficient (Wildman–Crippen LogP) is 2.31. The third kappa shape index (κ3) is 3.46. The van der Waals surface area contributed by atoms with Crippen LogP contribution in [-0.2, 0) is 0 Å². The van der Waals surface area contributed by atoms with Crippen molar-refractivity contribution in [1.82, 2.24) is 9.80 Å². The molecule has 1 unspecified atom stereocenters. The molecular formula is C15H33N3. The summed E-state index contributed by atoms with van der Waals surface area (Å²) >= 11 is 0. The van der Waals surface area contributed by atoms with Crippen LogP contribution in [0.25, 0.3) is 0 Å². The van der Waals surface area contributed by atoms with Crippen molar-refractivity contribution in [2.45, 2.75) is 65.0 Å². The van der Waals surface area contributed by atoms with E-state index in [-0.39, 0.29) is 5.54 Å². The summed E-state index contributed by atoms with van der Waals surface area (Å²) in [6.07, 6.45) is 4.95. The lowest BCUT2D eigenvalue weighted by Crippen LogP contribution is -2.61. The summed E-state index contributed by atoms with van der Waals surface area (Å²) in [5.41, 5.74) is 6.42. The van der Waals surface area contributed by atoms with Crippen molar-refractivity contribution in [3.63, 3.8) is 0 Å². The second kappa shape index (κ2) is 7.46. The van der Waals surface area contributed by atoms with E-state index in [4.69, 9.17) is 5.73 Å². The molecule has 0 bridgehead atoms. The average Bonchev–Trinajstić information content (AvgIpc) is 2.41. The predicted molar refractivity (Wildman–Crippen MR) is 79.9 cm³/mol. The Hall–Kier alpha value is -0.120. The standard InChI is InChI=1S/C15H33N3/c1-5-10-17-11-8-15(13-16,9-12-17)18(7-3)14(4)6-2/h14H,5-13,16H2,1-4H3. The molecule has 0 spiro atoms. The number of rotatable bonds is 7. The third-order valence-electron chi connectivity index (χ3n) is 4.78. The summed E-state index contributed by atoms with van der Waals surface area (Å²) in [4.78, 5) is 5.26. The van der Waals surface area contributed by atoms with Gasteiger partial charge in [-0.25, -0.2) is 0 Å². The molecule has 0 aromatic heterocycles. The summed E-state index contributed by atoms with van der Waals surface area (Å²) in [5, 5.41) is 0. The van der Waals surface area contributed by atoms with Crippen molar-refractivity contribution in [3.8, 4) is 0 Å². The zero-order valence-corrected chi connectivity index (χ0v) is 12.9. The maximum absolute atomic E-state index is 6.17. The van der Waals surface area contributed by atoms with Gasteiger partial charge in [-0.15, -0.1) is 0 Å². The lowest BCUT2D eigenvalue weighted by Gasteiger charge is -2.50. The zero-order valence-electron chi connectivity index (χ0n) is 12.9. The van der Waals surface area contributed by atoms with Crippen molar-refractivity contribution in [2.75, 3.05) is 32.7 Å². The normalized spacial score (nSPS) is 22.3. The second-order valence-electron chi connectivity index (χ2n) is 5.81. The lowest BCUT2D eigenvalue weighted by atomic mass is 9.84. The molecule has 1 saturated heterocycles. The Balaban J connectivity index is 2.69. The van der Waals surface area contributed by atoms with Gasteiger partial charge in [0.15, 0.2) is 0 Å². The minimum Gasteiger partial charge on any atom is -0.329 e. The van der Waals surface area contributed by atoms with Gasteiger partial charge in [0.25, 0.3) is 0 Å². The Bertz CT molecular complexity index is 222. The SMILES string of the molecule is CCCN1CCC(CN)(N(CC)C(C)CC)CC1. The van der Waals surface area contributed by atoms with Gasteiger partial charge in [0.2, 0.25) is 0 Å². The first-order valence-corrected chi connectivity index (χ1v) is 7.82. The molecule has 1 heterocycles. The number of nitrogens with two attached hydrogens (primary N) is 1. The molecular weight excluding hydrogens is 222 g/mol. The summed E-state index contributed by atoms with van der Waals surface area (Å²) < 4.78 is 0. The maximum Gasteiger partial charge on any atom is 0.0358 e. The van der Waals surface area contributed by atoms with Crippen molar-refractivity contribution in [1.29, 1.82) is 0 Å². The van der Waals surface area contributed by atoms with E-state index in [1.165, 1.54) is 45.3 Å². The number of hydrogen-bond acceptors (Lipinski definition) is 3. The molecule has 0 aliphatic carbocycles. The van der Waals surface area contributed by atoms with Gasteiger partial charge in [0, 0.05) is 18.1 Å². The molecule has 1 rings (SSSR count).